The molecule has 1 atom stereocenters. The molecule has 4 rings (SSSR count). The van der Waals surface area contributed by atoms with Crippen LogP contribution in [0.3, 0.4) is 0 Å². The van der Waals surface area contributed by atoms with Crippen molar-refractivity contribution in [3.63, 3.8) is 0 Å². The van der Waals surface area contributed by atoms with E-state index in [0.29, 0.717) is 41.6 Å². The average molecular weight is 527 g/mol. The molecule has 0 saturated carbocycles. The summed E-state index contributed by atoms with van der Waals surface area (Å²) in [6, 6.07) is 21.9. The highest BCUT2D eigenvalue weighted by molar-refractivity contribution is 5.91. The maximum Gasteiger partial charge on any atom is 0.343 e. The zero-order chi connectivity index (χ0) is 27.6. The summed E-state index contributed by atoms with van der Waals surface area (Å²) in [5.41, 5.74) is 8.49. The maximum atomic E-state index is 12.8. The molecule has 7 nitrogen and oxygen atoms in total. The van der Waals surface area contributed by atoms with E-state index in [0.717, 1.165) is 49.0 Å². The molecule has 202 valence electrons. The fourth-order valence-electron chi connectivity index (χ4n) is 4.35. The van der Waals surface area contributed by atoms with Gasteiger partial charge in [-0.05, 0) is 54.8 Å². The number of allylic oxidation sites excluding steroid dienone is 1. The van der Waals surface area contributed by atoms with Gasteiger partial charge in [0.2, 0.25) is 5.88 Å². The number of ether oxygens (including phenoxy) is 4. The van der Waals surface area contributed by atoms with Crippen LogP contribution in [0.1, 0.15) is 73.4 Å². The Labute approximate surface area is 229 Å². The molecule has 0 aromatic heterocycles. The van der Waals surface area contributed by atoms with Crippen LogP contribution in [0, 0.1) is 11.3 Å². The molecule has 0 saturated heterocycles. The quantitative estimate of drug-likeness (QED) is 0.156. The van der Waals surface area contributed by atoms with Gasteiger partial charge < -0.3 is 24.7 Å². The molecule has 39 heavy (non-hydrogen) atoms. The summed E-state index contributed by atoms with van der Waals surface area (Å²) >= 11 is 0. The number of unbranched alkanes of at least 4 members (excludes halogenated alkanes) is 3. The van der Waals surface area contributed by atoms with Crippen LogP contribution >= 0.6 is 0 Å². The van der Waals surface area contributed by atoms with E-state index in [9.17, 15) is 10.1 Å². The third kappa shape index (κ3) is 6.91. The Morgan fingerprint density at radius 1 is 0.897 bits per heavy atom. The molecule has 1 aliphatic rings. The second-order valence-corrected chi connectivity index (χ2v) is 9.37. The van der Waals surface area contributed by atoms with Crippen LogP contribution in [-0.2, 0) is 0 Å². The maximum absolute atomic E-state index is 12.8. The first kappa shape index (κ1) is 27.6. The van der Waals surface area contributed by atoms with Crippen LogP contribution in [0.5, 0.6) is 23.0 Å². The van der Waals surface area contributed by atoms with Crippen molar-refractivity contribution < 1.29 is 23.7 Å². The van der Waals surface area contributed by atoms with Crippen LogP contribution in [0.4, 0.5) is 0 Å². The van der Waals surface area contributed by atoms with E-state index >= 15 is 0 Å². The Morgan fingerprint density at radius 3 is 2.36 bits per heavy atom. The minimum absolute atomic E-state index is 0.0234. The van der Waals surface area contributed by atoms with Crippen LogP contribution in [0.15, 0.2) is 78.2 Å². The zero-order valence-corrected chi connectivity index (χ0v) is 22.4. The topological polar surface area (TPSA) is 104 Å². The van der Waals surface area contributed by atoms with Gasteiger partial charge in [-0.3, -0.25) is 0 Å². The summed E-state index contributed by atoms with van der Waals surface area (Å²) in [4.78, 5) is 12.8. The summed E-state index contributed by atoms with van der Waals surface area (Å²) < 4.78 is 23.0. The van der Waals surface area contributed by atoms with Crippen molar-refractivity contribution in [3.8, 4) is 29.1 Å². The van der Waals surface area contributed by atoms with Crippen molar-refractivity contribution in [2.45, 2.75) is 51.9 Å². The Bertz CT molecular complexity index is 1360. The molecule has 2 N–H and O–H groups in total. The van der Waals surface area contributed by atoms with E-state index in [1.54, 1.807) is 36.4 Å². The van der Waals surface area contributed by atoms with Crippen molar-refractivity contribution in [1.29, 1.82) is 5.26 Å². The number of hydrogen-bond acceptors (Lipinski definition) is 7. The molecule has 1 heterocycles. The van der Waals surface area contributed by atoms with Gasteiger partial charge >= 0.3 is 5.97 Å². The summed E-state index contributed by atoms with van der Waals surface area (Å²) in [7, 11) is 0. The summed E-state index contributed by atoms with van der Waals surface area (Å²) in [5.74, 6) is 1.22. The minimum atomic E-state index is -0.515. The highest BCUT2D eigenvalue weighted by atomic mass is 16.5. The van der Waals surface area contributed by atoms with Crippen LogP contribution in [0.25, 0.3) is 0 Å². The summed E-state index contributed by atoms with van der Waals surface area (Å²) in [5, 5.41) is 9.86. The molecule has 3 aromatic rings. The first-order valence-electron chi connectivity index (χ1n) is 13.4. The minimum Gasteiger partial charge on any atom is -0.494 e. The van der Waals surface area contributed by atoms with Gasteiger partial charge in [0.15, 0.2) is 0 Å². The van der Waals surface area contributed by atoms with Gasteiger partial charge in [0.25, 0.3) is 0 Å². The third-order valence-corrected chi connectivity index (χ3v) is 6.47. The molecule has 0 spiro atoms. The molecule has 0 aliphatic carbocycles. The third-order valence-electron chi connectivity index (χ3n) is 6.47. The Hall–Kier alpha value is -4.44. The van der Waals surface area contributed by atoms with Gasteiger partial charge in [-0.25, -0.2) is 4.79 Å². The molecule has 0 radical (unpaired) electrons. The second-order valence-electron chi connectivity index (χ2n) is 9.37. The fraction of sp³-hybridized carbons (Fsp3) is 0.312. The molecular formula is C32H34N2O5. The van der Waals surface area contributed by atoms with Crippen LogP contribution in [-0.4, -0.2) is 19.2 Å². The number of fused-ring (bicyclic) bond motifs is 1. The van der Waals surface area contributed by atoms with Gasteiger partial charge in [0.1, 0.15) is 34.6 Å². The summed E-state index contributed by atoms with van der Waals surface area (Å²) in [6.07, 6.45) is 5.24. The largest absolute Gasteiger partial charge is 0.494 e. The number of hydrogen-bond donors (Lipinski definition) is 1. The molecule has 3 aromatic carbocycles. The van der Waals surface area contributed by atoms with Crippen molar-refractivity contribution >= 4 is 5.97 Å². The number of benzene rings is 3. The number of nitriles is 1. The Kier molecular flexibility index (Phi) is 9.47. The van der Waals surface area contributed by atoms with E-state index in [-0.39, 0.29) is 5.88 Å². The lowest BCUT2D eigenvalue weighted by Gasteiger charge is -2.26. The van der Waals surface area contributed by atoms with Crippen molar-refractivity contribution in [1.82, 2.24) is 0 Å². The molecule has 7 heteroatoms. The Morgan fingerprint density at radius 2 is 1.62 bits per heavy atom. The second kappa shape index (κ2) is 13.4. The summed E-state index contributed by atoms with van der Waals surface area (Å²) in [6.45, 7) is 5.50. The van der Waals surface area contributed by atoms with Crippen molar-refractivity contribution in [2.75, 3.05) is 13.2 Å². The first-order chi connectivity index (χ1) is 19.0. The van der Waals surface area contributed by atoms with Gasteiger partial charge in [-0.2, -0.15) is 5.26 Å². The highest BCUT2D eigenvalue weighted by Gasteiger charge is 2.31. The number of esters is 1. The number of nitrogens with two attached hydrogens (primary N) is 1. The van der Waals surface area contributed by atoms with Crippen molar-refractivity contribution in [2.24, 2.45) is 5.73 Å². The van der Waals surface area contributed by atoms with Gasteiger partial charge in [-0.1, -0.05) is 57.4 Å². The molecule has 0 bridgehead atoms. The molecule has 1 aliphatic heterocycles. The van der Waals surface area contributed by atoms with Gasteiger partial charge in [0, 0.05) is 11.6 Å². The fourth-order valence-corrected chi connectivity index (χ4v) is 4.35. The van der Waals surface area contributed by atoms with E-state index in [2.05, 4.69) is 19.9 Å². The number of carbonyl (C=O) groups excluding carboxylic acids is 1. The Balaban J connectivity index is 1.52. The highest BCUT2D eigenvalue weighted by Crippen LogP contribution is 2.43. The number of nitrogens with zero attached hydrogens (tertiary/aromatic N) is 1. The molecular weight excluding hydrogens is 492 g/mol. The predicted octanol–water partition coefficient (Wildman–Crippen LogP) is 6.87. The van der Waals surface area contributed by atoms with Crippen molar-refractivity contribution in [3.05, 3.63) is 94.9 Å². The molecule has 0 fully saturated rings. The van der Waals surface area contributed by atoms with Crippen LogP contribution < -0.4 is 24.7 Å². The average Bonchev–Trinajstić information content (AvgIpc) is 2.95. The monoisotopic (exact) mass is 526 g/mol. The smallest absolute Gasteiger partial charge is 0.343 e. The number of rotatable bonds is 12. The lowest BCUT2D eigenvalue weighted by molar-refractivity contribution is 0.0734. The van der Waals surface area contributed by atoms with Crippen LogP contribution in [0.2, 0.25) is 0 Å². The molecule has 0 amide bonds. The standard InChI is InChI=1S/C32H34N2O5/c1-3-5-7-18-36-24-13-11-22(12-14-24)30-27-16-15-26(20-29(27)39-31(34)28(30)21-33)38-32(35)23-9-8-10-25(19-23)37-17-6-4-2/h8-16,19-20,30H,3-7,17-18,34H2,1-2H3. The van der Waals surface area contributed by atoms with Gasteiger partial charge in [0.05, 0.1) is 24.7 Å². The zero-order valence-electron chi connectivity index (χ0n) is 22.4. The van der Waals surface area contributed by atoms with E-state index in [4.69, 9.17) is 24.7 Å². The van der Waals surface area contributed by atoms with E-state index in [1.807, 2.05) is 30.3 Å². The van der Waals surface area contributed by atoms with Gasteiger partial charge in [-0.15, -0.1) is 0 Å². The van der Waals surface area contributed by atoms with E-state index in [1.165, 1.54) is 0 Å². The SMILES string of the molecule is CCCCCOc1ccc(C2C(C#N)=C(N)Oc3cc(OC(=O)c4cccc(OCCCC)c4)ccc32)cc1. The first-order valence-corrected chi connectivity index (χ1v) is 13.4. The number of carbonyl (C=O) groups is 1. The van der Waals surface area contributed by atoms with E-state index < -0.39 is 11.9 Å². The lowest BCUT2D eigenvalue weighted by Crippen LogP contribution is -2.21. The predicted molar refractivity (Wildman–Crippen MR) is 149 cm³/mol. The normalized spacial score (nSPS) is 14.1. The lowest BCUT2D eigenvalue weighted by atomic mass is 9.83. The molecule has 1 unspecified atom stereocenters.